The molecule has 1 N–H and O–H groups in total. The van der Waals surface area contributed by atoms with E-state index in [0.29, 0.717) is 5.75 Å². The molecule has 90 valence electrons. The Morgan fingerprint density at radius 1 is 1.44 bits per heavy atom. The fourth-order valence-electron chi connectivity index (χ4n) is 1.16. The van der Waals surface area contributed by atoms with Gasteiger partial charge in [-0.3, -0.25) is 9.42 Å². The minimum absolute atomic E-state index is 0.232. The SMILES string of the molecule is CCCCOP(=O)(O)Oc1cccc(C)c1. The van der Waals surface area contributed by atoms with Crippen LogP contribution in [0, 0.1) is 6.92 Å². The van der Waals surface area contributed by atoms with Crippen LogP contribution in [0.5, 0.6) is 5.75 Å². The van der Waals surface area contributed by atoms with Crippen LogP contribution in [0.2, 0.25) is 0 Å². The van der Waals surface area contributed by atoms with E-state index in [1.54, 1.807) is 18.2 Å². The summed E-state index contributed by atoms with van der Waals surface area (Å²) < 4.78 is 21.2. The molecule has 0 amide bonds. The standard InChI is InChI=1S/C11H17O4P/c1-3-4-8-14-16(12,13)15-11-7-5-6-10(2)9-11/h5-7,9H,3-4,8H2,1-2H3,(H,12,13). The lowest BCUT2D eigenvalue weighted by atomic mass is 10.2. The van der Waals surface area contributed by atoms with E-state index in [0.717, 1.165) is 18.4 Å². The molecule has 0 saturated carbocycles. The van der Waals surface area contributed by atoms with Gasteiger partial charge in [0.25, 0.3) is 0 Å². The number of phosphoric acid groups is 1. The molecule has 1 atom stereocenters. The molecule has 1 unspecified atom stereocenters. The van der Waals surface area contributed by atoms with Crippen molar-refractivity contribution in [2.45, 2.75) is 26.7 Å². The summed E-state index contributed by atoms with van der Waals surface area (Å²) in [4.78, 5) is 9.40. The Kier molecular flexibility index (Phi) is 5.00. The molecule has 0 saturated heterocycles. The van der Waals surface area contributed by atoms with Crippen LogP contribution in [0.1, 0.15) is 25.3 Å². The molecule has 1 rings (SSSR count). The summed E-state index contributed by atoms with van der Waals surface area (Å²) in [7, 11) is -3.96. The molecule has 0 spiro atoms. The fraction of sp³-hybridized carbons (Fsp3) is 0.455. The third-order valence-electron chi connectivity index (χ3n) is 1.96. The zero-order valence-corrected chi connectivity index (χ0v) is 10.4. The lowest BCUT2D eigenvalue weighted by molar-refractivity contribution is 0.201. The van der Waals surface area contributed by atoms with Crippen LogP contribution in [-0.4, -0.2) is 11.5 Å². The zero-order valence-electron chi connectivity index (χ0n) is 9.55. The summed E-state index contributed by atoms with van der Waals surface area (Å²) >= 11 is 0. The second kappa shape index (κ2) is 6.04. The number of phosphoric ester groups is 1. The molecule has 4 nitrogen and oxygen atoms in total. The van der Waals surface area contributed by atoms with E-state index in [1.165, 1.54) is 0 Å². The van der Waals surface area contributed by atoms with E-state index in [-0.39, 0.29) is 6.61 Å². The van der Waals surface area contributed by atoms with Gasteiger partial charge >= 0.3 is 7.82 Å². The van der Waals surface area contributed by atoms with E-state index in [4.69, 9.17) is 9.05 Å². The first-order valence-electron chi connectivity index (χ1n) is 5.27. The van der Waals surface area contributed by atoms with E-state index in [2.05, 4.69) is 0 Å². The van der Waals surface area contributed by atoms with Crippen molar-refractivity contribution in [2.24, 2.45) is 0 Å². The van der Waals surface area contributed by atoms with Crippen molar-refractivity contribution in [3.05, 3.63) is 29.8 Å². The van der Waals surface area contributed by atoms with Crippen LogP contribution in [-0.2, 0) is 9.09 Å². The molecule has 0 radical (unpaired) electrons. The predicted octanol–water partition coefficient (Wildman–Crippen LogP) is 3.29. The van der Waals surface area contributed by atoms with Crippen molar-refractivity contribution in [2.75, 3.05) is 6.61 Å². The Labute approximate surface area is 95.8 Å². The van der Waals surface area contributed by atoms with Crippen molar-refractivity contribution in [3.8, 4) is 5.75 Å². The smallest absolute Gasteiger partial charge is 0.404 e. The summed E-state index contributed by atoms with van der Waals surface area (Å²) in [6.07, 6.45) is 1.65. The average Bonchev–Trinajstić information content (AvgIpc) is 2.17. The topological polar surface area (TPSA) is 55.8 Å². The van der Waals surface area contributed by atoms with Crippen molar-refractivity contribution < 1.29 is 18.5 Å². The highest BCUT2D eigenvalue weighted by Crippen LogP contribution is 2.43. The number of aryl methyl sites for hydroxylation is 1. The summed E-state index contributed by atoms with van der Waals surface area (Å²) in [5.41, 5.74) is 0.964. The van der Waals surface area contributed by atoms with E-state index in [1.807, 2.05) is 19.9 Å². The van der Waals surface area contributed by atoms with Gasteiger partial charge in [0.05, 0.1) is 6.61 Å². The number of hydrogen-bond donors (Lipinski definition) is 1. The van der Waals surface area contributed by atoms with Crippen molar-refractivity contribution in [3.63, 3.8) is 0 Å². The molecule has 5 heteroatoms. The van der Waals surface area contributed by atoms with Crippen LogP contribution in [0.3, 0.4) is 0 Å². The van der Waals surface area contributed by atoms with Crippen LogP contribution in [0.4, 0.5) is 0 Å². The second-order valence-electron chi connectivity index (χ2n) is 3.56. The monoisotopic (exact) mass is 244 g/mol. The van der Waals surface area contributed by atoms with Gasteiger partial charge in [-0.1, -0.05) is 25.5 Å². The maximum Gasteiger partial charge on any atom is 0.527 e. The Bertz CT molecular complexity index is 378. The van der Waals surface area contributed by atoms with Gasteiger partial charge < -0.3 is 4.52 Å². The Hall–Kier alpha value is -0.830. The number of unbranched alkanes of at least 4 members (excludes halogenated alkanes) is 1. The lowest BCUT2D eigenvalue weighted by Gasteiger charge is -2.12. The molecule has 1 aromatic rings. The minimum atomic E-state index is -3.96. The van der Waals surface area contributed by atoms with Gasteiger partial charge in [0.15, 0.2) is 0 Å². The van der Waals surface area contributed by atoms with Crippen molar-refractivity contribution in [1.82, 2.24) is 0 Å². The minimum Gasteiger partial charge on any atom is -0.404 e. The van der Waals surface area contributed by atoms with E-state index >= 15 is 0 Å². The van der Waals surface area contributed by atoms with Crippen molar-refractivity contribution >= 4 is 7.82 Å². The second-order valence-corrected chi connectivity index (χ2v) is 4.94. The largest absolute Gasteiger partial charge is 0.527 e. The molecule has 0 aromatic heterocycles. The fourth-order valence-corrected chi connectivity index (χ4v) is 1.95. The Morgan fingerprint density at radius 2 is 2.19 bits per heavy atom. The van der Waals surface area contributed by atoms with Crippen LogP contribution >= 0.6 is 7.82 Å². The van der Waals surface area contributed by atoms with Gasteiger partial charge in [-0.15, -0.1) is 0 Å². The summed E-state index contributed by atoms with van der Waals surface area (Å²) in [6, 6.07) is 6.95. The average molecular weight is 244 g/mol. The van der Waals surface area contributed by atoms with Crippen LogP contribution in [0.15, 0.2) is 24.3 Å². The summed E-state index contributed by atoms with van der Waals surface area (Å²) in [6.45, 7) is 4.09. The van der Waals surface area contributed by atoms with Gasteiger partial charge in [-0.2, -0.15) is 0 Å². The maximum absolute atomic E-state index is 11.5. The normalized spacial score (nSPS) is 14.4. The molecule has 0 heterocycles. The third-order valence-corrected chi connectivity index (χ3v) is 2.91. The van der Waals surface area contributed by atoms with Crippen LogP contribution < -0.4 is 4.52 Å². The van der Waals surface area contributed by atoms with Gasteiger partial charge in [0, 0.05) is 0 Å². The summed E-state index contributed by atoms with van der Waals surface area (Å²) in [5.74, 6) is 0.349. The first kappa shape index (κ1) is 13.2. The highest BCUT2D eigenvalue weighted by Gasteiger charge is 2.22. The quantitative estimate of drug-likeness (QED) is 0.616. The first-order chi connectivity index (χ1) is 7.53. The van der Waals surface area contributed by atoms with Gasteiger partial charge in [0.2, 0.25) is 0 Å². The van der Waals surface area contributed by atoms with Gasteiger partial charge in [-0.25, -0.2) is 4.57 Å². The molecule has 0 aliphatic heterocycles. The highest BCUT2D eigenvalue weighted by molar-refractivity contribution is 7.47. The number of benzene rings is 1. The number of rotatable bonds is 6. The van der Waals surface area contributed by atoms with Gasteiger partial charge in [0.1, 0.15) is 5.75 Å². The molecular formula is C11H17O4P. The predicted molar refractivity (Wildman–Crippen MR) is 62.5 cm³/mol. The Balaban J connectivity index is 2.55. The molecular weight excluding hydrogens is 227 g/mol. The Morgan fingerprint density at radius 3 is 2.81 bits per heavy atom. The van der Waals surface area contributed by atoms with E-state index in [9.17, 15) is 9.46 Å². The van der Waals surface area contributed by atoms with Crippen LogP contribution in [0.25, 0.3) is 0 Å². The molecule has 0 aliphatic carbocycles. The highest BCUT2D eigenvalue weighted by atomic mass is 31.2. The van der Waals surface area contributed by atoms with E-state index < -0.39 is 7.82 Å². The molecule has 1 aromatic carbocycles. The molecule has 16 heavy (non-hydrogen) atoms. The maximum atomic E-state index is 11.5. The lowest BCUT2D eigenvalue weighted by Crippen LogP contribution is -1.99. The molecule has 0 fully saturated rings. The zero-order chi connectivity index (χ0) is 12.0. The first-order valence-corrected chi connectivity index (χ1v) is 6.76. The number of hydrogen-bond acceptors (Lipinski definition) is 3. The third kappa shape index (κ3) is 4.79. The van der Waals surface area contributed by atoms with Gasteiger partial charge in [-0.05, 0) is 31.0 Å². The molecule has 0 aliphatic rings. The van der Waals surface area contributed by atoms with Crippen molar-refractivity contribution in [1.29, 1.82) is 0 Å². The summed E-state index contributed by atoms with van der Waals surface area (Å²) in [5, 5.41) is 0. The molecule has 0 bridgehead atoms.